The van der Waals surface area contributed by atoms with Crippen LogP contribution in [-0.4, -0.2) is 21.8 Å². The van der Waals surface area contributed by atoms with E-state index in [2.05, 4.69) is 10.3 Å². The van der Waals surface area contributed by atoms with Crippen LogP contribution in [-0.2, 0) is 0 Å². The van der Waals surface area contributed by atoms with E-state index in [-0.39, 0.29) is 28.4 Å². The van der Waals surface area contributed by atoms with E-state index in [1.54, 1.807) is 30.3 Å². The summed E-state index contributed by atoms with van der Waals surface area (Å²) in [5.41, 5.74) is 0.617. The van der Waals surface area contributed by atoms with Crippen LogP contribution in [0.25, 0.3) is 0 Å². The minimum absolute atomic E-state index is 0.0241. The van der Waals surface area contributed by atoms with E-state index < -0.39 is 11.8 Å². The summed E-state index contributed by atoms with van der Waals surface area (Å²) in [6.45, 7) is 0. The number of aromatic carboxylic acids is 1. The Morgan fingerprint density at radius 1 is 0.960 bits per heavy atom. The van der Waals surface area contributed by atoms with Crippen LogP contribution in [0.4, 0.5) is 15.9 Å². The molecule has 0 fully saturated rings. The molecule has 3 aromatic rings. The molecule has 0 spiro atoms. The van der Waals surface area contributed by atoms with Gasteiger partial charge in [-0.3, -0.25) is 4.79 Å². The molecule has 0 saturated carbocycles. The third-order valence-electron chi connectivity index (χ3n) is 3.56. The lowest BCUT2D eigenvalue weighted by Gasteiger charge is -2.10. The van der Waals surface area contributed by atoms with Gasteiger partial charge in [-0.2, -0.15) is 0 Å². The zero-order chi connectivity index (χ0) is 17.8. The number of carbonyl (C=O) groups is 2. The van der Waals surface area contributed by atoms with Crippen molar-refractivity contribution in [2.24, 2.45) is 0 Å². The smallest absolute Gasteiger partial charge is 0.339 e. The third-order valence-corrected chi connectivity index (χ3v) is 3.56. The highest BCUT2D eigenvalue weighted by Crippen LogP contribution is 2.23. The van der Waals surface area contributed by atoms with Crippen molar-refractivity contribution >= 4 is 23.3 Å². The van der Waals surface area contributed by atoms with Crippen molar-refractivity contribution in [2.75, 3.05) is 5.32 Å². The summed E-state index contributed by atoms with van der Waals surface area (Å²) >= 11 is 0. The number of nitrogens with zero attached hydrogens (tertiary/aromatic N) is 1. The van der Waals surface area contributed by atoms with Crippen LogP contribution >= 0.6 is 0 Å². The summed E-state index contributed by atoms with van der Waals surface area (Å²) in [4.78, 5) is 27.4. The molecule has 2 aromatic carbocycles. The van der Waals surface area contributed by atoms with Crippen molar-refractivity contribution in [1.82, 2.24) is 4.98 Å². The molecule has 6 heteroatoms. The van der Waals surface area contributed by atoms with Crippen LogP contribution in [0.15, 0.2) is 66.9 Å². The first-order chi connectivity index (χ1) is 12.1. The van der Waals surface area contributed by atoms with Crippen molar-refractivity contribution in [3.63, 3.8) is 0 Å². The lowest BCUT2D eigenvalue weighted by molar-refractivity contribution is 0.0697. The van der Waals surface area contributed by atoms with Gasteiger partial charge < -0.3 is 10.4 Å². The molecule has 0 aliphatic heterocycles. The molecule has 25 heavy (non-hydrogen) atoms. The van der Waals surface area contributed by atoms with Gasteiger partial charge >= 0.3 is 5.97 Å². The molecule has 2 N–H and O–H groups in total. The number of carboxylic acids is 1. The summed E-state index contributed by atoms with van der Waals surface area (Å²) in [6, 6.07) is 15.4. The average Bonchev–Trinajstić information content (AvgIpc) is 2.64. The molecule has 124 valence electrons. The topological polar surface area (TPSA) is 79.3 Å². The van der Waals surface area contributed by atoms with Crippen LogP contribution in [0.2, 0.25) is 0 Å². The molecule has 0 aliphatic carbocycles. The number of halogens is 1. The molecule has 0 radical (unpaired) electrons. The van der Waals surface area contributed by atoms with Gasteiger partial charge in [-0.25, -0.2) is 14.2 Å². The predicted octanol–water partition coefficient (Wildman–Crippen LogP) is 3.89. The first-order valence-electron chi connectivity index (χ1n) is 7.41. The van der Waals surface area contributed by atoms with Gasteiger partial charge in [-0.15, -0.1) is 0 Å². The number of rotatable bonds is 5. The number of carboxylic acid groups (broad SMARTS) is 1. The van der Waals surface area contributed by atoms with Gasteiger partial charge in [0, 0.05) is 17.3 Å². The van der Waals surface area contributed by atoms with Gasteiger partial charge in [0.05, 0.1) is 5.69 Å². The Labute approximate surface area is 142 Å². The van der Waals surface area contributed by atoms with Gasteiger partial charge in [0.15, 0.2) is 5.78 Å². The van der Waals surface area contributed by atoms with Gasteiger partial charge in [0.2, 0.25) is 0 Å². The molecular weight excluding hydrogens is 323 g/mol. The zero-order valence-electron chi connectivity index (χ0n) is 12.9. The third kappa shape index (κ3) is 3.53. The van der Waals surface area contributed by atoms with Gasteiger partial charge in [0.25, 0.3) is 0 Å². The number of aromatic nitrogens is 1. The fourth-order valence-electron chi connectivity index (χ4n) is 2.32. The van der Waals surface area contributed by atoms with Crippen molar-refractivity contribution < 1.29 is 19.1 Å². The monoisotopic (exact) mass is 336 g/mol. The number of hydrogen-bond acceptors (Lipinski definition) is 4. The second kappa shape index (κ2) is 6.92. The lowest BCUT2D eigenvalue weighted by Crippen LogP contribution is -2.06. The SMILES string of the molecule is O=C(c1ccccc1)c1ccc(Nc2ncccc2C(=O)O)c(F)c1. The Kier molecular flexibility index (Phi) is 4.52. The fraction of sp³-hybridized carbons (Fsp3) is 0. The average molecular weight is 336 g/mol. The Hall–Kier alpha value is -3.54. The first kappa shape index (κ1) is 16.3. The molecule has 1 aromatic heterocycles. The highest BCUT2D eigenvalue weighted by molar-refractivity contribution is 6.09. The molecule has 1 heterocycles. The van der Waals surface area contributed by atoms with Crippen molar-refractivity contribution in [3.05, 3.63) is 89.4 Å². The normalized spacial score (nSPS) is 10.3. The fourth-order valence-corrected chi connectivity index (χ4v) is 2.32. The largest absolute Gasteiger partial charge is 0.478 e. The number of carbonyl (C=O) groups excluding carboxylic acids is 1. The zero-order valence-corrected chi connectivity index (χ0v) is 12.9. The molecule has 5 nitrogen and oxygen atoms in total. The standard InChI is InChI=1S/C19H13FN2O3/c20-15-11-13(17(23)12-5-2-1-3-6-12)8-9-16(15)22-18-14(19(24)25)7-4-10-21-18/h1-11H,(H,21,22)(H,24,25). The minimum atomic E-state index is -1.17. The van der Waals surface area contributed by atoms with Gasteiger partial charge in [-0.05, 0) is 30.3 Å². The van der Waals surface area contributed by atoms with Crippen LogP contribution in [0, 0.1) is 5.82 Å². The van der Waals surface area contributed by atoms with Crippen LogP contribution in [0.5, 0.6) is 0 Å². The Balaban J connectivity index is 1.89. The number of nitrogens with one attached hydrogen (secondary N) is 1. The number of ketones is 1. The minimum Gasteiger partial charge on any atom is -0.478 e. The maximum absolute atomic E-state index is 14.4. The number of hydrogen-bond donors (Lipinski definition) is 2. The van der Waals surface area contributed by atoms with Crippen molar-refractivity contribution in [1.29, 1.82) is 0 Å². The Morgan fingerprint density at radius 2 is 1.72 bits per heavy atom. The summed E-state index contributed by atoms with van der Waals surface area (Å²) in [7, 11) is 0. The highest BCUT2D eigenvalue weighted by atomic mass is 19.1. The summed E-state index contributed by atoms with van der Waals surface area (Å²) in [5, 5.41) is 11.8. The Morgan fingerprint density at radius 3 is 2.40 bits per heavy atom. The molecule has 0 atom stereocenters. The maximum Gasteiger partial charge on any atom is 0.339 e. The number of benzene rings is 2. The molecule has 0 unspecified atom stereocenters. The lowest BCUT2D eigenvalue weighted by atomic mass is 10.0. The predicted molar refractivity (Wildman–Crippen MR) is 90.8 cm³/mol. The van der Waals surface area contributed by atoms with E-state index in [1.807, 2.05) is 0 Å². The summed E-state index contributed by atoms with van der Waals surface area (Å²) in [5.74, 6) is -2.12. The van der Waals surface area contributed by atoms with Crippen LogP contribution < -0.4 is 5.32 Å². The van der Waals surface area contributed by atoms with E-state index >= 15 is 0 Å². The van der Waals surface area contributed by atoms with E-state index in [9.17, 15) is 14.0 Å². The van der Waals surface area contributed by atoms with Crippen molar-refractivity contribution in [3.8, 4) is 0 Å². The quantitative estimate of drug-likeness (QED) is 0.691. The summed E-state index contributed by atoms with van der Waals surface area (Å²) < 4.78 is 14.4. The molecule has 0 amide bonds. The van der Waals surface area contributed by atoms with Crippen LogP contribution in [0.3, 0.4) is 0 Å². The summed E-state index contributed by atoms with van der Waals surface area (Å²) in [6.07, 6.45) is 1.40. The molecule has 3 rings (SSSR count). The number of anilines is 2. The Bertz CT molecular complexity index is 942. The van der Waals surface area contributed by atoms with Crippen molar-refractivity contribution in [2.45, 2.75) is 0 Å². The van der Waals surface area contributed by atoms with E-state index in [1.165, 1.54) is 30.5 Å². The molecular formula is C19H13FN2O3. The second-order valence-corrected chi connectivity index (χ2v) is 5.22. The van der Waals surface area contributed by atoms with E-state index in [0.29, 0.717) is 5.56 Å². The maximum atomic E-state index is 14.4. The van der Waals surface area contributed by atoms with Gasteiger partial charge in [0.1, 0.15) is 17.2 Å². The molecule has 0 saturated heterocycles. The van der Waals surface area contributed by atoms with Crippen LogP contribution in [0.1, 0.15) is 26.3 Å². The highest BCUT2D eigenvalue weighted by Gasteiger charge is 2.15. The van der Waals surface area contributed by atoms with E-state index in [0.717, 1.165) is 6.07 Å². The van der Waals surface area contributed by atoms with Gasteiger partial charge in [-0.1, -0.05) is 30.3 Å². The molecule has 0 aliphatic rings. The molecule has 0 bridgehead atoms. The number of pyridine rings is 1. The second-order valence-electron chi connectivity index (χ2n) is 5.22. The van der Waals surface area contributed by atoms with E-state index in [4.69, 9.17) is 5.11 Å². The first-order valence-corrected chi connectivity index (χ1v) is 7.41.